The van der Waals surface area contributed by atoms with Crippen LogP contribution >= 0.6 is 0 Å². The fraction of sp³-hybridized carbons (Fsp3) is 0.933. The third kappa shape index (κ3) is 4.74. The minimum absolute atomic E-state index is 0.0298. The van der Waals surface area contributed by atoms with E-state index in [2.05, 4.69) is 0 Å². The first-order chi connectivity index (χ1) is 12.7. The number of ether oxygens (including phenoxy) is 4. The summed E-state index contributed by atoms with van der Waals surface area (Å²) >= 11 is 0. The second-order valence-electron chi connectivity index (χ2n) is 6.34. The van der Waals surface area contributed by atoms with Crippen molar-refractivity contribution in [1.29, 1.82) is 0 Å². The van der Waals surface area contributed by atoms with Gasteiger partial charge in [0.2, 0.25) is 0 Å². The van der Waals surface area contributed by atoms with Crippen LogP contribution < -0.4 is 0 Å². The van der Waals surface area contributed by atoms with E-state index in [0.29, 0.717) is 0 Å². The first-order valence-corrected chi connectivity index (χ1v) is 8.53. The number of hydrogen-bond donors (Lipinski definition) is 7. The van der Waals surface area contributed by atoms with Crippen LogP contribution in [0, 0.1) is 0 Å². The standard InChI is InChI=1S/C15H26O12/c1-2-7(18)26-13-8(19)5(3-16)25-15(11(13)22)27-12-6(4-17)24-14(23)10(21)9(12)20/h5-6,8-17,19-23H,2-4H2,1H3/t5-,6-,8-,9-,10-,11-,12-,13+,14-,15-/m1/s1. The van der Waals surface area contributed by atoms with Gasteiger partial charge in [0.25, 0.3) is 0 Å². The molecule has 12 nitrogen and oxygen atoms in total. The van der Waals surface area contributed by atoms with Gasteiger partial charge in [-0.2, -0.15) is 0 Å². The molecule has 2 aliphatic rings. The summed E-state index contributed by atoms with van der Waals surface area (Å²) in [6.45, 7) is 0.114. The average molecular weight is 398 g/mol. The van der Waals surface area contributed by atoms with Crippen molar-refractivity contribution in [2.75, 3.05) is 13.2 Å². The first-order valence-electron chi connectivity index (χ1n) is 8.53. The minimum Gasteiger partial charge on any atom is -0.456 e. The molecular weight excluding hydrogens is 372 g/mol. The molecule has 0 aromatic heterocycles. The molecule has 2 fully saturated rings. The first kappa shape index (κ1) is 22.4. The van der Waals surface area contributed by atoms with E-state index in [0.717, 1.165) is 0 Å². The molecule has 27 heavy (non-hydrogen) atoms. The van der Waals surface area contributed by atoms with E-state index in [1.807, 2.05) is 0 Å². The number of rotatable bonds is 6. The van der Waals surface area contributed by atoms with Crippen molar-refractivity contribution in [3.05, 3.63) is 0 Å². The molecule has 2 aliphatic heterocycles. The van der Waals surface area contributed by atoms with Crippen LogP contribution in [0.1, 0.15) is 13.3 Å². The summed E-state index contributed by atoms with van der Waals surface area (Å²) in [5.41, 5.74) is 0. The smallest absolute Gasteiger partial charge is 0.305 e. The Balaban J connectivity index is 2.18. The van der Waals surface area contributed by atoms with Gasteiger partial charge in [-0.15, -0.1) is 0 Å². The van der Waals surface area contributed by atoms with Gasteiger partial charge in [0.15, 0.2) is 18.7 Å². The number of carbonyl (C=O) groups is 1. The van der Waals surface area contributed by atoms with Crippen LogP contribution in [0.4, 0.5) is 0 Å². The molecule has 0 saturated carbocycles. The Morgan fingerprint density at radius 3 is 2.04 bits per heavy atom. The molecule has 0 amide bonds. The SMILES string of the molecule is CCC(=O)O[C@@H]1[C@@H](O)[C@@H](O[C@H]2[C@H](O)[C@@H](O)[C@H](O)O[C@@H]2CO)O[C@H](CO)[C@H]1O. The predicted octanol–water partition coefficient (Wildman–Crippen LogP) is -4.44. The van der Waals surface area contributed by atoms with Gasteiger partial charge >= 0.3 is 5.97 Å². The van der Waals surface area contributed by atoms with Crippen LogP contribution in [0.3, 0.4) is 0 Å². The Morgan fingerprint density at radius 1 is 0.852 bits per heavy atom. The van der Waals surface area contributed by atoms with Gasteiger partial charge in [-0.05, 0) is 0 Å². The maximum absolute atomic E-state index is 11.5. The van der Waals surface area contributed by atoms with Crippen LogP contribution in [-0.2, 0) is 23.7 Å². The summed E-state index contributed by atoms with van der Waals surface area (Å²) in [5, 5.41) is 68.6. The highest BCUT2D eigenvalue weighted by Crippen LogP contribution is 2.29. The molecule has 0 aromatic rings. The summed E-state index contributed by atoms with van der Waals surface area (Å²) in [7, 11) is 0. The number of carbonyl (C=O) groups excluding carboxylic acids is 1. The van der Waals surface area contributed by atoms with Crippen molar-refractivity contribution in [3.8, 4) is 0 Å². The monoisotopic (exact) mass is 398 g/mol. The van der Waals surface area contributed by atoms with E-state index in [1.54, 1.807) is 0 Å². The van der Waals surface area contributed by atoms with Crippen LogP contribution in [0.5, 0.6) is 0 Å². The Morgan fingerprint density at radius 2 is 1.48 bits per heavy atom. The Bertz CT molecular complexity index is 487. The van der Waals surface area contributed by atoms with Crippen LogP contribution in [-0.4, -0.2) is 116 Å². The molecule has 0 aliphatic carbocycles. The number of esters is 1. The molecule has 0 bridgehead atoms. The van der Waals surface area contributed by atoms with Crippen molar-refractivity contribution in [1.82, 2.24) is 0 Å². The molecule has 12 heteroatoms. The zero-order chi connectivity index (χ0) is 20.3. The van der Waals surface area contributed by atoms with Crippen molar-refractivity contribution in [2.24, 2.45) is 0 Å². The largest absolute Gasteiger partial charge is 0.456 e. The Hall–Kier alpha value is -0.930. The second-order valence-corrected chi connectivity index (χ2v) is 6.34. The Kier molecular flexibility index (Phi) is 7.88. The summed E-state index contributed by atoms with van der Waals surface area (Å²) in [5.74, 6) is -0.719. The number of aliphatic hydroxyl groups is 7. The Labute approximate surface area is 154 Å². The van der Waals surface area contributed by atoms with Crippen molar-refractivity contribution < 1.29 is 59.5 Å². The van der Waals surface area contributed by atoms with Crippen LogP contribution in [0.15, 0.2) is 0 Å². The van der Waals surface area contributed by atoms with Gasteiger partial charge in [-0.3, -0.25) is 4.79 Å². The zero-order valence-electron chi connectivity index (χ0n) is 14.6. The summed E-state index contributed by atoms with van der Waals surface area (Å²) in [4.78, 5) is 11.5. The molecule has 0 radical (unpaired) electrons. The van der Waals surface area contributed by atoms with Crippen LogP contribution in [0.2, 0.25) is 0 Å². The van der Waals surface area contributed by atoms with Gasteiger partial charge < -0.3 is 54.7 Å². The third-order valence-electron chi connectivity index (χ3n) is 4.51. The normalized spacial score (nSPS) is 45.5. The predicted molar refractivity (Wildman–Crippen MR) is 82.8 cm³/mol. The molecule has 0 spiro atoms. The van der Waals surface area contributed by atoms with E-state index in [-0.39, 0.29) is 6.42 Å². The molecule has 2 saturated heterocycles. The van der Waals surface area contributed by atoms with Gasteiger partial charge in [0.1, 0.15) is 42.7 Å². The lowest BCUT2D eigenvalue weighted by molar-refractivity contribution is -0.355. The molecule has 0 unspecified atom stereocenters. The highest BCUT2D eigenvalue weighted by Gasteiger charge is 2.51. The summed E-state index contributed by atoms with van der Waals surface area (Å²) in [6.07, 6.45) is -15.6. The fourth-order valence-corrected chi connectivity index (χ4v) is 2.93. The lowest BCUT2D eigenvalue weighted by Gasteiger charge is -2.45. The van der Waals surface area contributed by atoms with E-state index in [9.17, 15) is 40.5 Å². The zero-order valence-corrected chi connectivity index (χ0v) is 14.6. The highest BCUT2D eigenvalue weighted by molar-refractivity contribution is 5.69. The number of aliphatic hydroxyl groups excluding tert-OH is 7. The van der Waals surface area contributed by atoms with Crippen molar-refractivity contribution in [2.45, 2.75) is 74.8 Å². The van der Waals surface area contributed by atoms with Crippen LogP contribution in [0.25, 0.3) is 0 Å². The molecule has 2 heterocycles. The van der Waals surface area contributed by atoms with E-state index >= 15 is 0 Å². The molecule has 2 rings (SSSR count). The average Bonchev–Trinajstić information content (AvgIpc) is 2.66. The molecule has 158 valence electrons. The van der Waals surface area contributed by atoms with E-state index < -0.39 is 80.6 Å². The quantitative estimate of drug-likeness (QED) is 0.212. The minimum atomic E-state index is -1.76. The van der Waals surface area contributed by atoms with Crippen molar-refractivity contribution in [3.63, 3.8) is 0 Å². The third-order valence-corrected chi connectivity index (χ3v) is 4.51. The molecule has 10 atom stereocenters. The molecule has 7 N–H and O–H groups in total. The van der Waals surface area contributed by atoms with Gasteiger partial charge in [-0.25, -0.2) is 0 Å². The highest BCUT2D eigenvalue weighted by atomic mass is 16.7. The maximum Gasteiger partial charge on any atom is 0.305 e. The van der Waals surface area contributed by atoms with E-state index in [1.165, 1.54) is 6.92 Å². The summed E-state index contributed by atoms with van der Waals surface area (Å²) in [6, 6.07) is 0. The fourth-order valence-electron chi connectivity index (χ4n) is 2.93. The van der Waals surface area contributed by atoms with E-state index in [4.69, 9.17) is 18.9 Å². The summed E-state index contributed by atoms with van der Waals surface area (Å²) < 4.78 is 20.6. The maximum atomic E-state index is 11.5. The lowest BCUT2D eigenvalue weighted by atomic mass is 9.97. The molecule has 0 aromatic carbocycles. The number of hydrogen-bond acceptors (Lipinski definition) is 12. The molecular formula is C15H26O12. The van der Waals surface area contributed by atoms with Crippen molar-refractivity contribution >= 4 is 5.97 Å². The van der Waals surface area contributed by atoms with Gasteiger partial charge in [0.05, 0.1) is 13.2 Å². The topological polar surface area (TPSA) is 196 Å². The second kappa shape index (κ2) is 9.52. The lowest BCUT2D eigenvalue weighted by Crippen LogP contribution is -2.65. The van der Waals surface area contributed by atoms with Gasteiger partial charge in [-0.1, -0.05) is 6.92 Å². The van der Waals surface area contributed by atoms with Gasteiger partial charge in [0, 0.05) is 6.42 Å².